The van der Waals surface area contributed by atoms with E-state index in [1.54, 1.807) is 19.1 Å². The second-order valence-electron chi connectivity index (χ2n) is 7.80. The highest BCUT2D eigenvalue weighted by Crippen LogP contribution is 2.27. The van der Waals surface area contributed by atoms with Crippen LogP contribution in [0.1, 0.15) is 53.3 Å². The smallest absolute Gasteiger partial charge is 0.269 e. The van der Waals surface area contributed by atoms with E-state index in [0.29, 0.717) is 11.7 Å². The minimum Gasteiger partial charge on any atom is -0.343 e. The first-order valence-corrected chi connectivity index (χ1v) is 9.36. The van der Waals surface area contributed by atoms with Crippen molar-refractivity contribution in [3.63, 3.8) is 0 Å². The summed E-state index contributed by atoms with van der Waals surface area (Å²) in [6.07, 6.45) is 0. The van der Waals surface area contributed by atoms with Gasteiger partial charge in [-0.15, -0.1) is 11.8 Å². The van der Waals surface area contributed by atoms with Gasteiger partial charge in [0.05, 0.1) is 15.7 Å². The SMILES string of the molecule is CC(Sc1ccc([N+](=O)[O-])cc1)C(=O)NC(C)(C)c1noc(C(C)(C)C)n1. The first-order valence-electron chi connectivity index (χ1n) is 8.48. The zero-order valence-electron chi connectivity index (χ0n) is 16.3. The fraction of sp³-hybridized carbons (Fsp3) is 0.500. The average Bonchev–Trinajstić information content (AvgIpc) is 3.06. The summed E-state index contributed by atoms with van der Waals surface area (Å²) in [4.78, 5) is 28.0. The quantitative estimate of drug-likeness (QED) is 0.452. The van der Waals surface area contributed by atoms with E-state index in [-0.39, 0.29) is 17.0 Å². The molecule has 0 fully saturated rings. The Balaban J connectivity index is 2.03. The number of thioether (sulfide) groups is 1. The van der Waals surface area contributed by atoms with E-state index >= 15 is 0 Å². The van der Waals surface area contributed by atoms with E-state index < -0.39 is 15.7 Å². The number of rotatable bonds is 6. The minimum absolute atomic E-state index is 0.0179. The maximum atomic E-state index is 12.6. The predicted molar refractivity (Wildman–Crippen MR) is 103 cm³/mol. The van der Waals surface area contributed by atoms with Crippen LogP contribution < -0.4 is 5.32 Å². The Bertz CT molecular complexity index is 825. The van der Waals surface area contributed by atoms with E-state index in [4.69, 9.17) is 4.52 Å². The van der Waals surface area contributed by atoms with Crippen LogP contribution in [0.4, 0.5) is 5.69 Å². The molecule has 27 heavy (non-hydrogen) atoms. The van der Waals surface area contributed by atoms with Gasteiger partial charge < -0.3 is 9.84 Å². The number of aromatic nitrogens is 2. The van der Waals surface area contributed by atoms with Crippen LogP contribution in [-0.2, 0) is 15.7 Å². The van der Waals surface area contributed by atoms with E-state index in [1.807, 2.05) is 34.6 Å². The molecule has 1 N–H and O–H groups in total. The lowest BCUT2D eigenvalue weighted by atomic mass is 9.97. The fourth-order valence-electron chi connectivity index (χ4n) is 2.15. The van der Waals surface area contributed by atoms with E-state index in [9.17, 15) is 14.9 Å². The normalized spacial score (nSPS) is 13.3. The summed E-state index contributed by atoms with van der Waals surface area (Å²) in [7, 11) is 0. The first-order chi connectivity index (χ1) is 12.4. The molecule has 0 spiro atoms. The second-order valence-corrected chi connectivity index (χ2v) is 9.21. The lowest BCUT2D eigenvalue weighted by Crippen LogP contribution is -2.45. The number of nitro groups is 1. The molecule has 0 aliphatic carbocycles. The van der Waals surface area contributed by atoms with Crippen LogP contribution >= 0.6 is 11.8 Å². The maximum Gasteiger partial charge on any atom is 0.269 e. The molecule has 1 heterocycles. The lowest BCUT2D eigenvalue weighted by Gasteiger charge is -2.24. The summed E-state index contributed by atoms with van der Waals surface area (Å²) in [6.45, 7) is 11.3. The van der Waals surface area contributed by atoms with Gasteiger partial charge in [-0.1, -0.05) is 25.9 Å². The van der Waals surface area contributed by atoms with Crippen molar-refractivity contribution in [3.05, 3.63) is 46.1 Å². The van der Waals surface area contributed by atoms with Gasteiger partial charge in [0.15, 0.2) is 5.82 Å². The molecule has 146 valence electrons. The van der Waals surface area contributed by atoms with E-state index in [1.165, 1.54) is 23.9 Å². The molecular weight excluding hydrogens is 368 g/mol. The number of nitro benzene ring substituents is 1. The van der Waals surface area contributed by atoms with E-state index in [0.717, 1.165) is 4.90 Å². The van der Waals surface area contributed by atoms with Crippen LogP contribution in [0.25, 0.3) is 0 Å². The number of benzene rings is 1. The van der Waals surface area contributed by atoms with Gasteiger partial charge in [-0.25, -0.2) is 0 Å². The molecule has 1 unspecified atom stereocenters. The molecular formula is C18H24N4O4S. The molecule has 1 amide bonds. The third kappa shape index (κ3) is 5.29. The van der Waals surface area contributed by atoms with Crippen molar-refractivity contribution in [3.8, 4) is 0 Å². The van der Waals surface area contributed by atoms with Gasteiger partial charge in [-0.05, 0) is 32.9 Å². The number of nitrogens with zero attached hydrogens (tertiary/aromatic N) is 3. The Morgan fingerprint density at radius 1 is 1.22 bits per heavy atom. The number of non-ortho nitro benzene ring substituents is 1. The summed E-state index contributed by atoms with van der Waals surface area (Å²) in [5.41, 5.74) is -1.05. The minimum atomic E-state index is -0.797. The molecule has 0 aliphatic heterocycles. The zero-order valence-corrected chi connectivity index (χ0v) is 17.1. The molecule has 1 aromatic carbocycles. The number of carbonyl (C=O) groups excluding carboxylic acids is 1. The molecule has 2 aromatic rings. The van der Waals surface area contributed by atoms with Gasteiger partial charge in [0.2, 0.25) is 11.8 Å². The van der Waals surface area contributed by atoms with Gasteiger partial charge in [-0.3, -0.25) is 14.9 Å². The molecule has 0 saturated carbocycles. The van der Waals surface area contributed by atoms with Crippen LogP contribution in [0.15, 0.2) is 33.7 Å². The summed E-state index contributed by atoms with van der Waals surface area (Å²) >= 11 is 1.32. The fourth-order valence-corrected chi connectivity index (χ4v) is 3.02. The number of hydrogen-bond acceptors (Lipinski definition) is 7. The van der Waals surface area contributed by atoms with Crippen LogP contribution in [0.5, 0.6) is 0 Å². The van der Waals surface area contributed by atoms with Crippen molar-refractivity contribution < 1.29 is 14.2 Å². The summed E-state index contributed by atoms with van der Waals surface area (Å²) in [6, 6.07) is 6.10. The first kappa shape index (κ1) is 20.9. The maximum absolute atomic E-state index is 12.6. The molecule has 1 atom stereocenters. The zero-order chi connectivity index (χ0) is 20.4. The van der Waals surface area contributed by atoms with Crippen LogP contribution in [0, 0.1) is 10.1 Å². The van der Waals surface area contributed by atoms with Gasteiger partial charge in [0.1, 0.15) is 0 Å². The highest BCUT2D eigenvalue weighted by atomic mass is 32.2. The van der Waals surface area contributed by atoms with Crippen LogP contribution in [0.3, 0.4) is 0 Å². The van der Waals surface area contributed by atoms with Crippen molar-refractivity contribution in [1.29, 1.82) is 0 Å². The number of carbonyl (C=O) groups is 1. The summed E-state index contributed by atoms with van der Waals surface area (Å²) < 4.78 is 5.31. The van der Waals surface area contributed by atoms with Crippen molar-refractivity contribution in [2.24, 2.45) is 0 Å². The van der Waals surface area contributed by atoms with Crippen molar-refractivity contribution in [2.75, 3.05) is 0 Å². The second kappa shape index (κ2) is 7.67. The molecule has 2 rings (SSSR count). The lowest BCUT2D eigenvalue weighted by molar-refractivity contribution is -0.384. The molecule has 1 aromatic heterocycles. The van der Waals surface area contributed by atoms with Crippen molar-refractivity contribution in [2.45, 2.75) is 62.6 Å². The molecule has 8 nitrogen and oxygen atoms in total. The highest BCUT2D eigenvalue weighted by molar-refractivity contribution is 8.00. The summed E-state index contributed by atoms with van der Waals surface area (Å²) in [5, 5.41) is 17.2. The summed E-state index contributed by atoms with van der Waals surface area (Å²) in [5.74, 6) is 0.729. The number of amides is 1. The Kier molecular flexibility index (Phi) is 5.94. The van der Waals surface area contributed by atoms with Crippen molar-refractivity contribution in [1.82, 2.24) is 15.5 Å². The number of nitrogens with one attached hydrogen (secondary N) is 1. The Morgan fingerprint density at radius 3 is 2.30 bits per heavy atom. The standard InChI is InChI=1S/C18H24N4O4S/c1-11(27-13-9-7-12(8-10-13)22(24)25)14(23)20-18(5,6)15-19-16(26-21-15)17(2,3)4/h7-11H,1-6H3,(H,20,23). The third-order valence-corrected chi connectivity index (χ3v) is 4.90. The van der Waals surface area contributed by atoms with Gasteiger partial charge in [0.25, 0.3) is 5.69 Å². The Morgan fingerprint density at radius 2 is 1.81 bits per heavy atom. The molecule has 0 saturated heterocycles. The van der Waals surface area contributed by atoms with Gasteiger partial charge in [-0.2, -0.15) is 4.98 Å². The molecule has 0 aliphatic rings. The van der Waals surface area contributed by atoms with E-state index in [2.05, 4.69) is 15.5 Å². The predicted octanol–water partition coefficient (Wildman–Crippen LogP) is 3.81. The highest BCUT2D eigenvalue weighted by Gasteiger charge is 2.32. The molecule has 9 heteroatoms. The number of hydrogen-bond donors (Lipinski definition) is 1. The Labute approximate surface area is 162 Å². The third-order valence-electron chi connectivity index (χ3n) is 3.79. The van der Waals surface area contributed by atoms with Gasteiger partial charge in [0, 0.05) is 22.4 Å². The average molecular weight is 392 g/mol. The Hall–Kier alpha value is -2.42. The molecule has 0 bridgehead atoms. The van der Waals surface area contributed by atoms with Crippen molar-refractivity contribution >= 4 is 23.4 Å². The van der Waals surface area contributed by atoms with Crippen LogP contribution in [-0.4, -0.2) is 26.2 Å². The van der Waals surface area contributed by atoms with Crippen LogP contribution in [0.2, 0.25) is 0 Å². The van der Waals surface area contributed by atoms with Gasteiger partial charge >= 0.3 is 0 Å². The topological polar surface area (TPSA) is 111 Å². The largest absolute Gasteiger partial charge is 0.343 e. The molecule has 0 radical (unpaired) electrons. The monoisotopic (exact) mass is 392 g/mol.